The number of benzene rings is 1. The smallest absolute Gasteiger partial charge is 0.243 e. The van der Waals surface area contributed by atoms with E-state index in [1.165, 1.54) is 5.56 Å². The summed E-state index contributed by atoms with van der Waals surface area (Å²) in [5, 5.41) is 3.26. The summed E-state index contributed by atoms with van der Waals surface area (Å²) in [5.74, 6) is 0.173. The Kier molecular flexibility index (Phi) is 2.49. The molecule has 1 aliphatic heterocycles. The highest BCUT2D eigenvalue weighted by atomic mass is 16.2. The second-order valence-electron chi connectivity index (χ2n) is 4.33. The van der Waals surface area contributed by atoms with Crippen LogP contribution in [0.4, 0.5) is 0 Å². The number of nitrogens with one attached hydrogen (secondary N) is 1. The molecule has 1 amide bonds. The van der Waals surface area contributed by atoms with Crippen LogP contribution in [0.25, 0.3) is 0 Å². The lowest BCUT2D eigenvalue weighted by Crippen LogP contribution is -2.45. The molecule has 1 N–H and O–H groups in total. The van der Waals surface area contributed by atoms with Crippen molar-refractivity contribution in [3.8, 4) is 0 Å². The predicted molar refractivity (Wildman–Crippen MR) is 59.3 cm³/mol. The first-order valence-corrected chi connectivity index (χ1v) is 5.16. The number of hydrogen-bond donors (Lipinski definition) is 1. The number of likely N-dealkylation sites (N-methyl/N-ethyl adjacent to an activating group) is 1. The normalized spacial score (nSPS) is 26.0. The Bertz CT molecular complexity index is 363. The zero-order valence-corrected chi connectivity index (χ0v) is 9.16. The molecule has 1 saturated heterocycles. The first kappa shape index (κ1) is 10.2. The Hall–Kier alpha value is -1.35. The third kappa shape index (κ3) is 1.88. The standard InChI is InChI=1S/C12H16N2O/c1-12(11(15)14(2)9-13-12)8-10-6-4-3-5-7-10/h3-7,13H,8-9H2,1-2H3/t12-/m0/s1. The van der Waals surface area contributed by atoms with Gasteiger partial charge in [-0.25, -0.2) is 0 Å². The molecule has 0 radical (unpaired) electrons. The molecule has 1 aliphatic rings. The molecular formula is C12H16N2O. The largest absolute Gasteiger partial charge is 0.331 e. The van der Waals surface area contributed by atoms with Crippen LogP contribution in [0.5, 0.6) is 0 Å². The van der Waals surface area contributed by atoms with E-state index in [0.717, 1.165) is 6.42 Å². The quantitative estimate of drug-likeness (QED) is 0.779. The Labute approximate surface area is 90.1 Å². The van der Waals surface area contributed by atoms with Crippen LogP contribution < -0.4 is 5.32 Å². The van der Waals surface area contributed by atoms with Crippen molar-refractivity contribution < 1.29 is 4.79 Å². The van der Waals surface area contributed by atoms with Crippen LogP contribution in [0.2, 0.25) is 0 Å². The maximum Gasteiger partial charge on any atom is 0.243 e. The third-order valence-corrected chi connectivity index (χ3v) is 2.93. The maximum atomic E-state index is 11.9. The van der Waals surface area contributed by atoms with Crippen LogP contribution in [0, 0.1) is 0 Å². The van der Waals surface area contributed by atoms with Gasteiger partial charge in [0.05, 0.1) is 6.67 Å². The van der Waals surface area contributed by atoms with Crippen LogP contribution in [-0.4, -0.2) is 30.1 Å². The first-order valence-electron chi connectivity index (χ1n) is 5.16. The number of rotatable bonds is 2. The fourth-order valence-corrected chi connectivity index (χ4v) is 2.00. The van der Waals surface area contributed by atoms with E-state index >= 15 is 0 Å². The number of amides is 1. The van der Waals surface area contributed by atoms with E-state index in [1.54, 1.807) is 4.90 Å². The minimum absolute atomic E-state index is 0.173. The summed E-state index contributed by atoms with van der Waals surface area (Å²) in [6.45, 7) is 2.61. The molecular weight excluding hydrogens is 188 g/mol. The van der Waals surface area contributed by atoms with Crippen molar-refractivity contribution >= 4 is 5.91 Å². The molecule has 3 nitrogen and oxygen atoms in total. The molecule has 0 aromatic heterocycles. The van der Waals surface area contributed by atoms with Gasteiger partial charge in [-0.05, 0) is 18.9 Å². The summed E-state index contributed by atoms with van der Waals surface area (Å²) in [4.78, 5) is 13.6. The Morgan fingerprint density at radius 1 is 1.40 bits per heavy atom. The van der Waals surface area contributed by atoms with Crippen molar-refractivity contribution in [2.45, 2.75) is 18.9 Å². The van der Waals surface area contributed by atoms with Gasteiger partial charge in [0.1, 0.15) is 5.54 Å². The van der Waals surface area contributed by atoms with Gasteiger partial charge < -0.3 is 4.90 Å². The SMILES string of the molecule is CN1CN[C@@](C)(Cc2ccccc2)C1=O. The number of carbonyl (C=O) groups excluding carboxylic acids is 1. The van der Waals surface area contributed by atoms with Gasteiger partial charge in [0.25, 0.3) is 0 Å². The van der Waals surface area contributed by atoms with Crippen LogP contribution in [0.15, 0.2) is 30.3 Å². The summed E-state index contributed by atoms with van der Waals surface area (Å²) in [6, 6.07) is 10.1. The van der Waals surface area contributed by atoms with Crippen molar-refractivity contribution in [2.24, 2.45) is 0 Å². The van der Waals surface area contributed by atoms with Crippen molar-refractivity contribution in [1.82, 2.24) is 10.2 Å². The minimum Gasteiger partial charge on any atom is -0.331 e. The van der Waals surface area contributed by atoms with Crippen LogP contribution >= 0.6 is 0 Å². The van der Waals surface area contributed by atoms with Crippen molar-refractivity contribution in [3.63, 3.8) is 0 Å². The summed E-state index contributed by atoms with van der Waals surface area (Å²) in [7, 11) is 1.82. The van der Waals surface area contributed by atoms with Gasteiger partial charge in [0.2, 0.25) is 5.91 Å². The molecule has 0 unspecified atom stereocenters. The fraction of sp³-hybridized carbons (Fsp3) is 0.417. The molecule has 0 aliphatic carbocycles. The van der Waals surface area contributed by atoms with Gasteiger partial charge >= 0.3 is 0 Å². The Balaban J connectivity index is 2.15. The number of hydrogen-bond acceptors (Lipinski definition) is 2. The summed E-state index contributed by atoms with van der Waals surface area (Å²) >= 11 is 0. The van der Waals surface area contributed by atoms with E-state index < -0.39 is 5.54 Å². The molecule has 0 bridgehead atoms. The van der Waals surface area contributed by atoms with Crippen LogP contribution in [0.1, 0.15) is 12.5 Å². The molecule has 3 heteroatoms. The van der Waals surface area contributed by atoms with Gasteiger partial charge in [-0.2, -0.15) is 0 Å². The molecule has 1 atom stereocenters. The highest BCUT2D eigenvalue weighted by Crippen LogP contribution is 2.19. The van der Waals surface area contributed by atoms with Gasteiger partial charge in [-0.15, -0.1) is 0 Å². The van der Waals surface area contributed by atoms with Gasteiger partial charge in [-0.3, -0.25) is 10.1 Å². The van der Waals surface area contributed by atoms with E-state index in [4.69, 9.17) is 0 Å². The van der Waals surface area contributed by atoms with E-state index in [0.29, 0.717) is 6.67 Å². The third-order valence-electron chi connectivity index (χ3n) is 2.93. The molecule has 0 spiro atoms. The zero-order chi connectivity index (χ0) is 10.9. The van der Waals surface area contributed by atoms with E-state index in [9.17, 15) is 4.79 Å². The topological polar surface area (TPSA) is 32.3 Å². The minimum atomic E-state index is -0.434. The molecule has 15 heavy (non-hydrogen) atoms. The van der Waals surface area contributed by atoms with Crippen molar-refractivity contribution in [3.05, 3.63) is 35.9 Å². The number of carbonyl (C=O) groups is 1. The van der Waals surface area contributed by atoms with E-state index in [-0.39, 0.29) is 5.91 Å². The van der Waals surface area contributed by atoms with Crippen molar-refractivity contribution in [1.29, 1.82) is 0 Å². The fourth-order valence-electron chi connectivity index (χ4n) is 2.00. The summed E-state index contributed by atoms with van der Waals surface area (Å²) < 4.78 is 0. The monoisotopic (exact) mass is 204 g/mol. The van der Waals surface area contributed by atoms with Crippen LogP contribution in [0.3, 0.4) is 0 Å². The van der Waals surface area contributed by atoms with Crippen LogP contribution in [-0.2, 0) is 11.2 Å². The van der Waals surface area contributed by atoms with E-state index in [1.807, 2.05) is 32.2 Å². The molecule has 0 saturated carbocycles. The first-order chi connectivity index (χ1) is 7.12. The number of nitrogens with zero attached hydrogens (tertiary/aromatic N) is 1. The molecule has 1 aromatic carbocycles. The summed E-state index contributed by atoms with van der Waals surface area (Å²) in [6.07, 6.45) is 0.747. The molecule has 80 valence electrons. The molecule has 1 fully saturated rings. The Morgan fingerprint density at radius 2 is 2.07 bits per heavy atom. The Morgan fingerprint density at radius 3 is 2.60 bits per heavy atom. The summed E-state index contributed by atoms with van der Waals surface area (Å²) in [5.41, 5.74) is 0.756. The van der Waals surface area contributed by atoms with Gasteiger partial charge in [0, 0.05) is 7.05 Å². The maximum absolute atomic E-state index is 11.9. The van der Waals surface area contributed by atoms with Gasteiger partial charge in [-0.1, -0.05) is 30.3 Å². The lowest BCUT2D eigenvalue weighted by molar-refractivity contribution is -0.130. The zero-order valence-electron chi connectivity index (χ0n) is 9.16. The molecule has 1 aromatic rings. The lowest BCUT2D eigenvalue weighted by atomic mass is 9.93. The second-order valence-corrected chi connectivity index (χ2v) is 4.33. The predicted octanol–water partition coefficient (Wildman–Crippen LogP) is 1.01. The van der Waals surface area contributed by atoms with Gasteiger partial charge in [0.15, 0.2) is 0 Å². The molecule has 2 rings (SSSR count). The van der Waals surface area contributed by atoms with E-state index in [2.05, 4.69) is 17.4 Å². The second kappa shape index (κ2) is 3.66. The van der Waals surface area contributed by atoms with Crippen molar-refractivity contribution in [2.75, 3.05) is 13.7 Å². The molecule has 1 heterocycles. The average molecular weight is 204 g/mol. The highest BCUT2D eigenvalue weighted by molar-refractivity contribution is 5.88. The average Bonchev–Trinajstić information content (AvgIpc) is 2.48. The highest BCUT2D eigenvalue weighted by Gasteiger charge is 2.40. The lowest BCUT2D eigenvalue weighted by Gasteiger charge is -2.21.